The van der Waals surface area contributed by atoms with Crippen LogP contribution in [-0.2, 0) is 6.42 Å². The largest absolute Gasteiger partial charge is 0.388 e. The minimum atomic E-state index is -1.47. The Hall–Kier alpha value is -1.88. The molecule has 1 N–H and O–H groups in total. The monoisotopic (exact) mass is 270 g/mol. The van der Waals surface area contributed by atoms with E-state index >= 15 is 0 Å². The number of rotatable bonds is 3. The lowest BCUT2D eigenvalue weighted by molar-refractivity contribution is 0.168. The molecular weight excluding hydrogens is 260 g/mol. The van der Waals surface area contributed by atoms with Crippen molar-refractivity contribution in [3.63, 3.8) is 0 Å². The molecule has 19 heavy (non-hydrogen) atoms. The molecule has 0 heterocycles. The van der Waals surface area contributed by atoms with Crippen LogP contribution in [0.25, 0.3) is 0 Å². The maximum Gasteiger partial charge on any atom is 0.134 e. The van der Waals surface area contributed by atoms with Gasteiger partial charge in [-0.05, 0) is 17.7 Å². The third kappa shape index (κ3) is 3.12. The highest BCUT2D eigenvalue weighted by Crippen LogP contribution is 2.25. The van der Waals surface area contributed by atoms with E-state index in [2.05, 4.69) is 0 Å². The van der Waals surface area contributed by atoms with Gasteiger partial charge in [-0.3, -0.25) is 0 Å². The summed E-state index contributed by atoms with van der Waals surface area (Å²) in [6.45, 7) is 0. The van der Waals surface area contributed by atoms with Crippen LogP contribution in [0.15, 0.2) is 36.4 Å². The van der Waals surface area contributed by atoms with Gasteiger partial charge in [0.25, 0.3) is 0 Å². The number of aliphatic hydroxyl groups excluding tert-OH is 1. The molecule has 100 valence electrons. The fourth-order valence-corrected chi connectivity index (χ4v) is 1.82. The van der Waals surface area contributed by atoms with Gasteiger partial charge in [-0.2, -0.15) is 0 Å². The number of hydrogen-bond acceptors (Lipinski definition) is 1. The zero-order valence-corrected chi connectivity index (χ0v) is 9.71. The molecule has 2 aromatic carbocycles. The maximum absolute atomic E-state index is 13.4. The summed E-state index contributed by atoms with van der Waals surface area (Å²) in [4.78, 5) is 0. The molecule has 0 saturated heterocycles. The van der Waals surface area contributed by atoms with Gasteiger partial charge < -0.3 is 5.11 Å². The number of benzene rings is 2. The van der Waals surface area contributed by atoms with Gasteiger partial charge in [-0.15, -0.1) is 0 Å². The molecule has 0 fully saturated rings. The third-order valence-electron chi connectivity index (χ3n) is 2.72. The number of halogens is 4. The lowest BCUT2D eigenvalue weighted by Gasteiger charge is -2.13. The topological polar surface area (TPSA) is 20.2 Å². The molecule has 0 aliphatic carbocycles. The van der Waals surface area contributed by atoms with E-state index in [1.54, 1.807) is 0 Å². The van der Waals surface area contributed by atoms with E-state index in [0.29, 0.717) is 17.7 Å². The maximum atomic E-state index is 13.4. The Bertz CT molecular complexity index is 557. The van der Waals surface area contributed by atoms with Crippen LogP contribution in [0.3, 0.4) is 0 Å². The fraction of sp³-hybridized carbons (Fsp3) is 0.143. The summed E-state index contributed by atoms with van der Waals surface area (Å²) < 4.78 is 52.3. The summed E-state index contributed by atoms with van der Waals surface area (Å²) in [5.41, 5.74) is -0.0808. The molecule has 1 nitrogen and oxygen atoms in total. The zero-order chi connectivity index (χ0) is 14.0. The average molecular weight is 270 g/mol. The van der Waals surface area contributed by atoms with Crippen molar-refractivity contribution in [2.75, 3.05) is 0 Å². The summed E-state index contributed by atoms with van der Waals surface area (Å²) in [6, 6.07) is 6.17. The summed E-state index contributed by atoms with van der Waals surface area (Å²) in [7, 11) is 0. The van der Waals surface area contributed by atoms with Crippen molar-refractivity contribution in [1.82, 2.24) is 0 Å². The van der Waals surface area contributed by atoms with Crippen molar-refractivity contribution in [3.8, 4) is 0 Å². The van der Waals surface area contributed by atoms with Gasteiger partial charge >= 0.3 is 0 Å². The van der Waals surface area contributed by atoms with Crippen molar-refractivity contribution in [2.24, 2.45) is 0 Å². The molecule has 0 radical (unpaired) electrons. The predicted octanol–water partition coefficient (Wildman–Crippen LogP) is 3.52. The molecule has 0 saturated carbocycles. The molecule has 0 aliphatic rings. The SMILES string of the molecule is OC(Cc1ccc(F)cc1)c1c(F)cc(F)cc1F. The molecular formula is C14H10F4O. The first kappa shape index (κ1) is 13.5. The Morgan fingerprint density at radius 2 is 1.37 bits per heavy atom. The minimum Gasteiger partial charge on any atom is -0.388 e. The van der Waals surface area contributed by atoms with Crippen LogP contribution in [0.5, 0.6) is 0 Å². The van der Waals surface area contributed by atoms with Gasteiger partial charge in [-0.1, -0.05) is 12.1 Å². The average Bonchev–Trinajstić information content (AvgIpc) is 2.30. The van der Waals surface area contributed by atoms with Gasteiger partial charge in [0, 0.05) is 18.6 Å². The quantitative estimate of drug-likeness (QED) is 0.846. The Balaban J connectivity index is 2.25. The third-order valence-corrected chi connectivity index (χ3v) is 2.72. The van der Waals surface area contributed by atoms with Crippen LogP contribution >= 0.6 is 0 Å². The first-order chi connectivity index (χ1) is 8.97. The number of aliphatic hydroxyl groups is 1. The normalized spacial score (nSPS) is 12.5. The van der Waals surface area contributed by atoms with Gasteiger partial charge in [0.15, 0.2) is 0 Å². The zero-order valence-electron chi connectivity index (χ0n) is 9.71. The standard InChI is InChI=1S/C14H10F4O/c15-9-3-1-8(2-4-9)5-13(19)14-11(17)6-10(16)7-12(14)18/h1-4,6-7,13,19H,5H2. The van der Waals surface area contributed by atoms with Crippen LogP contribution in [-0.4, -0.2) is 5.11 Å². The Morgan fingerprint density at radius 1 is 0.842 bits per heavy atom. The smallest absolute Gasteiger partial charge is 0.134 e. The van der Waals surface area contributed by atoms with E-state index < -0.39 is 34.9 Å². The van der Waals surface area contributed by atoms with E-state index in [9.17, 15) is 22.7 Å². The van der Waals surface area contributed by atoms with Gasteiger partial charge in [0.2, 0.25) is 0 Å². The van der Waals surface area contributed by atoms with Crippen molar-refractivity contribution in [1.29, 1.82) is 0 Å². The molecule has 2 aromatic rings. The van der Waals surface area contributed by atoms with Crippen LogP contribution in [0.4, 0.5) is 17.6 Å². The highest BCUT2D eigenvalue weighted by Gasteiger charge is 2.19. The summed E-state index contributed by atoms with van der Waals surface area (Å²) in [5, 5.41) is 9.80. The molecule has 2 rings (SSSR count). The molecule has 0 aromatic heterocycles. The molecule has 0 aliphatic heterocycles. The summed E-state index contributed by atoms with van der Waals surface area (Å²) >= 11 is 0. The lowest BCUT2D eigenvalue weighted by Crippen LogP contribution is -2.08. The Kier molecular flexibility index (Phi) is 3.85. The second-order valence-electron chi connectivity index (χ2n) is 4.13. The Labute approximate surface area is 107 Å². The second-order valence-corrected chi connectivity index (χ2v) is 4.13. The summed E-state index contributed by atoms with van der Waals surface area (Å²) in [6.07, 6.45) is -1.56. The van der Waals surface area contributed by atoms with Gasteiger partial charge in [0.05, 0.1) is 11.7 Å². The van der Waals surface area contributed by atoms with Crippen LogP contribution in [0.2, 0.25) is 0 Å². The van der Waals surface area contributed by atoms with E-state index in [0.717, 1.165) is 0 Å². The molecule has 0 bridgehead atoms. The second kappa shape index (κ2) is 5.40. The van der Waals surface area contributed by atoms with Crippen molar-refractivity contribution < 1.29 is 22.7 Å². The van der Waals surface area contributed by atoms with E-state index in [-0.39, 0.29) is 6.42 Å². The van der Waals surface area contributed by atoms with Gasteiger partial charge in [-0.25, -0.2) is 17.6 Å². The predicted molar refractivity (Wildman–Crippen MR) is 61.4 cm³/mol. The lowest BCUT2D eigenvalue weighted by atomic mass is 10.0. The summed E-state index contributed by atoms with van der Waals surface area (Å²) in [5.74, 6) is -3.79. The number of hydrogen-bond donors (Lipinski definition) is 1. The fourth-order valence-electron chi connectivity index (χ4n) is 1.82. The highest BCUT2D eigenvalue weighted by molar-refractivity contribution is 5.26. The molecule has 0 amide bonds. The van der Waals surface area contributed by atoms with E-state index in [1.807, 2.05) is 0 Å². The first-order valence-electron chi connectivity index (χ1n) is 5.54. The van der Waals surface area contributed by atoms with Crippen LogP contribution in [0, 0.1) is 23.3 Å². The Morgan fingerprint density at radius 3 is 1.89 bits per heavy atom. The van der Waals surface area contributed by atoms with Crippen molar-refractivity contribution in [2.45, 2.75) is 12.5 Å². The van der Waals surface area contributed by atoms with Crippen LogP contribution < -0.4 is 0 Å². The van der Waals surface area contributed by atoms with E-state index in [4.69, 9.17) is 0 Å². The van der Waals surface area contributed by atoms with Gasteiger partial charge in [0.1, 0.15) is 23.3 Å². The van der Waals surface area contributed by atoms with Crippen molar-refractivity contribution >= 4 is 0 Å². The minimum absolute atomic E-state index is 0.0975. The first-order valence-corrected chi connectivity index (χ1v) is 5.54. The van der Waals surface area contributed by atoms with Crippen molar-refractivity contribution in [3.05, 3.63) is 70.8 Å². The molecule has 0 spiro atoms. The molecule has 1 unspecified atom stereocenters. The van der Waals surface area contributed by atoms with Crippen LogP contribution in [0.1, 0.15) is 17.2 Å². The highest BCUT2D eigenvalue weighted by atomic mass is 19.1. The van der Waals surface area contributed by atoms with E-state index in [1.165, 1.54) is 24.3 Å². The molecule has 1 atom stereocenters. The molecule has 5 heteroatoms.